The summed E-state index contributed by atoms with van der Waals surface area (Å²) in [5, 5.41) is 0.156. The van der Waals surface area contributed by atoms with Crippen LogP contribution in [0.4, 0.5) is 14.9 Å². The van der Waals surface area contributed by atoms with Crippen LogP contribution in [0.25, 0.3) is 6.08 Å². The predicted octanol–water partition coefficient (Wildman–Crippen LogP) is 6.03. The Labute approximate surface area is 156 Å². The molecule has 2 aromatic rings. The highest BCUT2D eigenvalue weighted by atomic mass is 35.5. The van der Waals surface area contributed by atoms with E-state index in [1.54, 1.807) is 0 Å². The first kappa shape index (κ1) is 17.3. The van der Waals surface area contributed by atoms with Crippen LogP contribution in [-0.4, -0.2) is 11.1 Å². The second-order valence-corrected chi connectivity index (χ2v) is 6.97. The van der Waals surface area contributed by atoms with Gasteiger partial charge in [-0.15, -0.1) is 0 Å². The standard InChI is InChI=1S/C16H7Cl3FNO2S/c17-10-2-1-3-13(20)9(10)7-14-15(22)21(16(23)24-14)8-4-5-11(18)12(19)6-8/h1-7H/b14-7-. The maximum atomic E-state index is 13.9. The Morgan fingerprint density at radius 1 is 1.00 bits per heavy atom. The summed E-state index contributed by atoms with van der Waals surface area (Å²) in [6.07, 6.45) is 1.26. The number of amides is 2. The molecule has 8 heteroatoms. The minimum atomic E-state index is -0.581. The van der Waals surface area contributed by atoms with Crippen molar-refractivity contribution < 1.29 is 14.0 Å². The van der Waals surface area contributed by atoms with Gasteiger partial charge in [0.15, 0.2) is 0 Å². The first-order chi connectivity index (χ1) is 11.4. The van der Waals surface area contributed by atoms with E-state index < -0.39 is 17.0 Å². The van der Waals surface area contributed by atoms with Crippen molar-refractivity contribution in [1.82, 2.24) is 0 Å². The van der Waals surface area contributed by atoms with Crippen LogP contribution in [0.3, 0.4) is 0 Å². The molecule has 3 nitrogen and oxygen atoms in total. The number of hydrogen-bond acceptors (Lipinski definition) is 3. The molecule has 0 radical (unpaired) electrons. The molecule has 24 heavy (non-hydrogen) atoms. The quantitative estimate of drug-likeness (QED) is 0.576. The molecule has 0 bridgehead atoms. The van der Waals surface area contributed by atoms with Gasteiger partial charge in [-0.2, -0.15) is 0 Å². The van der Waals surface area contributed by atoms with Crippen molar-refractivity contribution in [3.8, 4) is 0 Å². The smallest absolute Gasteiger partial charge is 0.268 e. The van der Waals surface area contributed by atoms with E-state index in [1.165, 1.54) is 42.5 Å². The molecule has 3 rings (SSSR count). The van der Waals surface area contributed by atoms with Crippen LogP contribution in [0, 0.1) is 5.82 Å². The normalized spacial score (nSPS) is 16.3. The molecule has 0 unspecified atom stereocenters. The lowest BCUT2D eigenvalue weighted by molar-refractivity contribution is -0.113. The van der Waals surface area contributed by atoms with Gasteiger partial charge in [-0.1, -0.05) is 40.9 Å². The number of nitrogens with zero attached hydrogens (tertiary/aromatic N) is 1. The molecule has 1 heterocycles. The Kier molecular flexibility index (Phi) is 4.88. The Balaban J connectivity index is 2.00. The van der Waals surface area contributed by atoms with E-state index in [4.69, 9.17) is 34.8 Å². The van der Waals surface area contributed by atoms with E-state index in [0.29, 0.717) is 16.8 Å². The summed E-state index contributed by atoms with van der Waals surface area (Å²) in [4.78, 5) is 25.7. The van der Waals surface area contributed by atoms with E-state index in [1.807, 2.05) is 0 Å². The van der Waals surface area contributed by atoms with Gasteiger partial charge in [-0.05, 0) is 48.2 Å². The SMILES string of the molecule is O=C1S/C(=C\c2c(F)cccc2Cl)C(=O)N1c1ccc(Cl)c(Cl)c1. The second kappa shape index (κ2) is 6.76. The van der Waals surface area contributed by atoms with Crippen molar-refractivity contribution in [3.63, 3.8) is 0 Å². The summed E-state index contributed by atoms with van der Waals surface area (Å²) in [5.74, 6) is -1.16. The van der Waals surface area contributed by atoms with Gasteiger partial charge < -0.3 is 0 Å². The zero-order chi connectivity index (χ0) is 17.4. The highest BCUT2D eigenvalue weighted by Gasteiger charge is 2.36. The molecule has 0 atom stereocenters. The molecule has 0 aliphatic carbocycles. The number of halogens is 4. The van der Waals surface area contributed by atoms with Crippen LogP contribution in [0.5, 0.6) is 0 Å². The lowest BCUT2D eigenvalue weighted by Gasteiger charge is -2.13. The van der Waals surface area contributed by atoms with E-state index in [-0.39, 0.29) is 26.2 Å². The van der Waals surface area contributed by atoms with Crippen LogP contribution < -0.4 is 4.90 Å². The summed E-state index contributed by atoms with van der Waals surface area (Å²) >= 11 is 18.4. The van der Waals surface area contributed by atoms with Crippen molar-refractivity contribution in [2.45, 2.75) is 0 Å². The number of imide groups is 1. The van der Waals surface area contributed by atoms with Crippen LogP contribution in [0.1, 0.15) is 5.56 Å². The zero-order valence-corrected chi connectivity index (χ0v) is 14.8. The Hall–Kier alpha value is -1.53. The summed E-state index contributed by atoms with van der Waals surface area (Å²) in [5.41, 5.74) is 0.341. The molecule has 1 saturated heterocycles. The van der Waals surface area contributed by atoms with Crippen LogP contribution in [0.15, 0.2) is 41.3 Å². The maximum absolute atomic E-state index is 13.9. The minimum absolute atomic E-state index is 0.0544. The third kappa shape index (κ3) is 3.17. The van der Waals surface area contributed by atoms with Crippen LogP contribution in [-0.2, 0) is 4.79 Å². The van der Waals surface area contributed by atoms with E-state index >= 15 is 0 Å². The van der Waals surface area contributed by atoms with Gasteiger partial charge in [0.25, 0.3) is 11.1 Å². The van der Waals surface area contributed by atoms with E-state index in [9.17, 15) is 14.0 Å². The van der Waals surface area contributed by atoms with Crippen molar-refractivity contribution in [3.05, 3.63) is 67.8 Å². The maximum Gasteiger partial charge on any atom is 0.298 e. The van der Waals surface area contributed by atoms with Gasteiger partial charge in [0.1, 0.15) is 5.82 Å². The summed E-state index contributed by atoms with van der Waals surface area (Å²) < 4.78 is 13.9. The molecule has 1 aliphatic heterocycles. The van der Waals surface area contributed by atoms with Crippen LogP contribution >= 0.6 is 46.6 Å². The molecule has 0 saturated carbocycles. The second-order valence-electron chi connectivity index (χ2n) is 4.75. The molecule has 1 aliphatic rings. The predicted molar refractivity (Wildman–Crippen MR) is 96.3 cm³/mol. The Bertz CT molecular complexity index is 881. The minimum Gasteiger partial charge on any atom is -0.268 e. The van der Waals surface area contributed by atoms with Crippen molar-refractivity contribution in [1.29, 1.82) is 0 Å². The highest BCUT2D eigenvalue weighted by molar-refractivity contribution is 8.19. The number of anilines is 1. The topological polar surface area (TPSA) is 37.4 Å². The third-order valence-electron chi connectivity index (χ3n) is 3.23. The molecular weight excluding hydrogens is 396 g/mol. The van der Waals surface area contributed by atoms with E-state index in [2.05, 4.69) is 0 Å². The Morgan fingerprint density at radius 3 is 2.42 bits per heavy atom. The van der Waals surface area contributed by atoms with Gasteiger partial charge in [-0.25, -0.2) is 9.29 Å². The largest absolute Gasteiger partial charge is 0.298 e. The van der Waals surface area contributed by atoms with Gasteiger partial charge in [-0.3, -0.25) is 9.59 Å². The Morgan fingerprint density at radius 2 is 1.75 bits per heavy atom. The number of rotatable bonds is 2. The lowest BCUT2D eigenvalue weighted by atomic mass is 10.2. The number of carbonyl (C=O) groups is 2. The molecule has 2 amide bonds. The van der Waals surface area contributed by atoms with Crippen molar-refractivity contribution >= 4 is 69.5 Å². The molecule has 122 valence electrons. The first-order valence-electron chi connectivity index (χ1n) is 6.55. The fourth-order valence-corrected chi connectivity index (χ4v) is 3.43. The molecular formula is C16H7Cl3FNO2S. The number of carbonyl (C=O) groups excluding carboxylic acids is 2. The average molecular weight is 403 g/mol. The monoisotopic (exact) mass is 401 g/mol. The third-order valence-corrected chi connectivity index (χ3v) is 5.17. The van der Waals surface area contributed by atoms with Crippen molar-refractivity contribution in [2.75, 3.05) is 4.90 Å². The fourth-order valence-electron chi connectivity index (χ4n) is 2.09. The first-order valence-corrected chi connectivity index (χ1v) is 8.50. The summed E-state index contributed by atoms with van der Waals surface area (Å²) in [7, 11) is 0. The lowest BCUT2D eigenvalue weighted by Crippen LogP contribution is -2.27. The molecule has 0 N–H and O–H groups in total. The molecule has 0 spiro atoms. The van der Waals surface area contributed by atoms with Gasteiger partial charge >= 0.3 is 0 Å². The molecule has 0 aromatic heterocycles. The zero-order valence-electron chi connectivity index (χ0n) is 11.7. The fraction of sp³-hybridized carbons (Fsp3) is 0. The number of benzene rings is 2. The van der Waals surface area contributed by atoms with Gasteiger partial charge in [0.05, 0.1) is 25.7 Å². The van der Waals surface area contributed by atoms with Crippen LogP contribution in [0.2, 0.25) is 15.1 Å². The average Bonchev–Trinajstić information content (AvgIpc) is 2.80. The van der Waals surface area contributed by atoms with Gasteiger partial charge in [0.2, 0.25) is 0 Å². The summed E-state index contributed by atoms with van der Waals surface area (Å²) in [6.45, 7) is 0. The number of thioether (sulfide) groups is 1. The summed E-state index contributed by atoms with van der Waals surface area (Å²) in [6, 6.07) is 8.58. The van der Waals surface area contributed by atoms with Crippen molar-refractivity contribution in [2.24, 2.45) is 0 Å². The highest BCUT2D eigenvalue weighted by Crippen LogP contribution is 2.38. The van der Waals surface area contributed by atoms with Gasteiger partial charge in [0, 0.05) is 5.56 Å². The molecule has 2 aromatic carbocycles. The van der Waals surface area contributed by atoms with E-state index in [0.717, 1.165) is 4.90 Å². The molecule has 1 fully saturated rings. The number of hydrogen-bond donors (Lipinski definition) is 0.